The van der Waals surface area contributed by atoms with Crippen LogP contribution in [0.1, 0.15) is 11.1 Å². The monoisotopic (exact) mass is 372 g/mol. The fourth-order valence-corrected chi connectivity index (χ4v) is 3.01. The van der Waals surface area contributed by atoms with Crippen LogP contribution in [0.2, 0.25) is 0 Å². The van der Waals surface area contributed by atoms with Crippen molar-refractivity contribution in [2.75, 3.05) is 0 Å². The number of aliphatic imine (C=N–C) groups is 1. The van der Waals surface area contributed by atoms with Gasteiger partial charge in [0.2, 0.25) is 11.7 Å². The SMILES string of the molecule is O=[N+]([O-])c1cccc(C=Nc2nc3ccccc3n2Cc2ccccc2)c1O. The molecule has 0 radical (unpaired) electrons. The Morgan fingerprint density at radius 3 is 2.57 bits per heavy atom. The number of nitrogens with zero attached hydrogens (tertiary/aromatic N) is 4. The maximum Gasteiger partial charge on any atom is 0.311 e. The molecule has 0 fully saturated rings. The molecule has 0 unspecified atom stereocenters. The van der Waals surface area contributed by atoms with Crippen molar-refractivity contribution in [2.45, 2.75) is 6.54 Å². The minimum Gasteiger partial charge on any atom is -0.502 e. The lowest BCUT2D eigenvalue weighted by Crippen LogP contribution is -1.99. The third-order valence-corrected chi connectivity index (χ3v) is 4.38. The fraction of sp³-hybridized carbons (Fsp3) is 0.0476. The number of phenolic OH excluding ortho intramolecular Hbond substituents is 1. The summed E-state index contributed by atoms with van der Waals surface area (Å²) in [4.78, 5) is 19.4. The van der Waals surface area contributed by atoms with Gasteiger partial charge >= 0.3 is 5.69 Å². The Hall–Kier alpha value is -4.00. The number of fused-ring (bicyclic) bond motifs is 1. The van der Waals surface area contributed by atoms with E-state index in [0.29, 0.717) is 12.5 Å². The first-order valence-electron chi connectivity index (χ1n) is 8.63. The van der Waals surface area contributed by atoms with Crippen LogP contribution in [0, 0.1) is 10.1 Å². The normalized spacial score (nSPS) is 11.3. The number of aromatic nitrogens is 2. The van der Waals surface area contributed by atoms with Crippen molar-refractivity contribution in [2.24, 2.45) is 4.99 Å². The Balaban J connectivity index is 1.77. The van der Waals surface area contributed by atoms with Gasteiger partial charge in [-0.2, -0.15) is 0 Å². The Morgan fingerprint density at radius 2 is 1.79 bits per heavy atom. The quantitative estimate of drug-likeness (QED) is 0.318. The van der Waals surface area contributed by atoms with E-state index in [1.165, 1.54) is 18.3 Å². The number of nitro groups is 1. The van der Waals surface area contributed by atoms with Gasteiger partial charge in [0.25, 0.3) is 0 Å². The Morgan fingerprint density at radius 1 is 1.04 bits per heavy atom. The van der Waals surface area contributed by atoms with Crippen LogP contribution < -0.4 is 0 Å². The summed E-state index contributed by atoms with van der Waals surface area (Å²) in [5.74, 6) is 0.0397. The molecule has 1 heterocycles. The van der Waals surface area contributed by atoms with Crippen LogP contribution in [0.25, 0.3) is 11.0 Å². The second-order valence-electron chi connectivity index (χ2n) is 6.20. The van der Waals surface area contributed by atoms with Crippen LogP contribution in [0.3, 0.4) is 0 Å². The van der Waals surface area contributed by atoms with Gasteiger partial charge in [-0.3, -0.25) is 10.1 Å². The van der Waals surface area contributed by atoms with Crippen molar-refractivity contribution in [1.82, 2.24) is 9.55 Å². The maximum absolute atomic E-state index is 11.0. The number of rotatable bonds is 5. The van der Waals surface area contributed by atoms with Crippen LogP contribution >= 0.6 is 0 Å². The molecule has 1 N–H and O–H groups in total. The van der Waals surface area contributed by atoms with Crippen LogP contribution in [-0.2, 0) is 6.54 Å². The number of hydrogen-bond acceptors (Lipinski definition) is 5. The third-order valence-electron chi connectivity index (χ3n) is 4.38. The molecular weight excluding hydrogens is 356 g/mol. The van der Waals surface area contributed by atoms with E-state index in [-0.39, 0.29) is 11.3 Å². The van der Waals surface area contributed by atoms with Gasteiger partial charge in [-0.05, 0) is 23.8 Å². The van der Waals surface area contributed by atoms with E-state index in [1.54, 1.807) is 6.07 Å². The molecular formula is C21H16N4O3. The highest BCUT2D eigenvalue weighted by Gasteiger charge is 2.16. The molecule has 0 bridgehead atoms. The van der Waals surface area contributed by atoms with Gasteiger partial charge in [0, 0.05) is 17.8 Å². The number of nitro benzene ring substituents is 1. The highest BCUT2D eigenvalue weighted by Crippen LogP contribution is 2.29. The lowest BCUT2D eigenvalue weighted by Gasteiger charge is -2.07. The molecule has 1 aromatic heterocycles. The number of benzene rings is 3. The molecule has 4 aromatic rings. The first kappa shape index (κ1) is 17.4. The predicted octanol–water partition coefficient (Wildman–Crippen LogP) is 4.45. The van der Waals surface area contributed by atoms with Crippen molar-refractivity contribution in [3.8, 4) is 5.75 Å². The molecule has 0 aliphatic carbocycles. The Kier molecular flexibility index (Phi) is 4.55. The molecule has 0 saturated heterocycles. The summed E-state index contributed by atoms with van der Waals surface area (Å²) < 4.78 is 1.97. The second-order valence-corrected chi connectivity index (χ2v) is 6.20. The number of phenols is 1. The van der Waals surface area contributed by atoms with Gasteiger partial charge in [-0.25, -0.2) is 9.98 Å². The smallest absolute Gasteiger partial charge is 0.311 e. The van der Waals surface area contributed by atoms with Crippen LogP contribution in [0.4, 0.5) is 11.6 Å². The summed E-state index contributed by atoms with van der Waals surface area (Å²) in [6, 6.07) is 22.0. The molecule has 0 aliphatic heterocycles. The van der Waals surface area contributed by atoms with E-state index in [9.17, 15) is 15.2 Å². The van der Waals surface area contributed by atoms with Gasteiger partial charge in [0.15, 0.2) is 0 Å². The molecule has 3 aromatic carbocycles. The number of aromatic hydroxyl groups is 1. The Labute approximate surface area is 160 Å². The van der Waals surface area contributed by atoms with Gasteiger partial charge in [0.1, 0.15) is 0 Å². The second kappa shape index (κ2) is 7.32. The number of hydrogen-bond donors (Lipinski definition) is 1. The van der Waals surface area contributed by atoms with E-state index in [2.05, 4.69) is 9.98 Å². The first-order valence-corrected chi connectivity index (χ1v) is 8.63. The van der Waals surface area contributed by atoms with Crippen molar-refractivity contribution < 1.29 is 10.0 Å². The van der Waals surface area contributed by atoms with E-state index in [1.807, 2.05) is 59.2 Å². The summed E-state index contributed by atoms with van der Waals surface area (Å²) in [5.41, 5.74) is 2.73. The molecule has 0 spiro atoms. The molecule has 7 heteroatoms. The zero-order valence-corrected chi connectivity index (χ0v) is 14.8. The van der Waals surface area contributed by atoms with E-state index < -0.39 is 10.7 Å². The van der Waals surface area contributed by atoms with Crippen molar-refractivity contribution in [1.29, 1.82) is 0 Å². The van der Waals surface area contributed by atoms with Gasteiger partial charge < -0.3 is 9.67 Å². The predicted molar refractivity (Wildman–Crippen MR) is 107 cm³/mol. The van der Waals surface area contributed by atoms with Crippen LogP contribution in [0.5, 0.6) is 5.75 Å². The first-order chi connectivity index (χ1) is 13.6. The molecule has 28 heavy (non-hydrogen) atoms. The van der Waals surface area contributed by atoms with E-state index in [0.717, 1.165) is 16.6 Å². The Bertz CT molecular complexity index is 1180. The van der Waals surface area contributed by atoms with Crippen LogP contribution in [-0.4, -0.2) is 25.8 Å². The highest BCUT2D eigenvalue weighted by molar-refractivity contribution is 5.88. The lowest BCUT2D eigenvalue weighted by atomic mass is 10.2. The number of imidazole rings is 1. The van der Waals surface area contributed by atoms with E-state index in [4.69, 9.17) is 0 Å². The zero-order valence-electron chi connectivity index (χ0n) is 14.8. The zero-order chi connectivity index (χ0) is 19.5. The average Bonchev–Trinajstić information content (AvgIpc) is 3.05. The molecule has 138 valence electrons. The molecule has 7 nitrogen and oxygen atoms in total. The molecule has 0 aliphatic rings. The summed E-state index contributed by atoms with van der Waals surface area (Å²) in [6.45, 7) is 0.578. The summed E-state index contributed by atoms with van der Waals surface area (Å²) >= 11 is 0. The van der Waals surface area contributed by atoms with Gasteiger partial charge in [-0.15, -0.1) is 0 Å². The minimum atomic E-state index is -0.628. The summed E-state index contributed by atoms with van der Waals surface area (Å²) in [5, 5.41) is 21.1. The molecule has 0 amide bonds. The van der Waals surface area contributed by atoms with Gasteiger partial charge in [-0.1, -0.05) is 48.5 Å². The van der Waals surface area contributed by atoms with Crippen molar-refractivity contribution >= 4 is 28.9 Å². The molecule has 0 saturated carbocycles. The van der Waals surface area contributed by atoms with Crippen molar-refractivity contribution in [3.05, 3.63) is 94.0 Å². The van der Waals surface area contributed by atoms with Crippen LogP contribution in [0.15, 0.2) is 77.8 Å². The van der Waals surface area contributed by atoms with Crippen molar-refractivity contribution in [3.63, 3.8) is 0 Å². The molecule has 0 atom stereocenters. The third kappa shape index (κ3) is 3.33. The highest BCUT2D eigenvalue weighted by atomic mass is 16.6. The topological polar surface area (TPSA) is 93.5 Å². The molecule has 4 rings (SSSR count). The van der Waals surface area contributed by atoms with Gasteiger partial charge in [0.05, 0.1) is 22.5 Å². The summed E-state index contributed by atoms with van der Waals surface area (Å²) in [7, 11) is 0. The van der Waals surface area contributed by atoms with E-state index >= 15 is 0 Å². The summed E-state index contributed by atoms with van der Waals surface area (Å²) in [6.07, 6.45) is 1.39. The largest absolute Gasteiger partial charge is 0.502 e. The lowest BCUT2D eigenvalue weighted by molar-refractivity contribution is -0.385. The minimum absolute atomic E-state index is 0.257. The average molecular weight is 372 g/mol. The standard InChI is InChI=1S/C21H16N4O3/c26-20-16(9-6-12-19(20)25(27)28)13-22-21-23-17-10-4-5-11-18(17)24(21)14-15-7-2-1-3-8-15/h1-13,26H,14H2. The fourth-order valence-electron chi connectivity index (χ4n) is 3.01. The maximum atomic E-state index is 11.0. The number of para-hydroxylation sites is 3.